The molecule has 1 aliphatic carbocycles. The summed E-state index contributed by atoms with van der Waals surface area (Å²) in [6.07, 6.45) is 6.99. The SMILES string of the molecule is CC1(C(=O)O)C=CC=C(C(=O)O)C1.CC=CC(=O)O. The van der Waals surface area contributed by atoms with E-state index in [1.54, 1.807) is 6.92 Å². The molecular weight excluding hydrogens is 252 g/mol. The van der Waals surface area contributed by atoms with Crippen molar-refractivity contribution >= 4 is 17.9 Å². The Morgan fingerprint density at radius 1 is 1.26 bits per heavy atom. The first-order valence-electron chi connectivity index (χ1n) is 5.43. The summed E-state index contributed by atoms with van der Waals surface area (Å²) in [6, 6.07) is 0. The number of hydrogen-bond acceptors (Lipinski definition) is 3. The Morgan fingerprint density at radius 2 is 1.84 bits per heavy atom. The van der Waals surface area contributed by atoms with E-state index in [-0.39, 0.29) is 12.0 Å². The summed E-state index contributed by atoms with van der Waals surface area (Å²) in [7, 11) is 0. The van der Waals surface area contributed by atoms with Crippen LogP contribution in [0.15, 0.2) is 36.0 Å². The molecule has 0 saturated carbocycles. The van der Waals surface area contributed by atoms with Gasteiger partial charge >= 0.3 is 17.9 Å². The van der Waals surface area contributed by atoms with Gasteiger partial charge in [-0.1, -0.05) is 24.3 Å². The molecule has 0 amide bonds. The summed E-state index contributed by atoms with van der Waals surface area (Å²) in [4.78, 5) is 30.9. The lowest BCUT2D eigenvalue weighted by Crippen LogP contribution is -2.28. The van der Waals surface area contributed by atoms with Gasteiger partial charge in [-0.2, -0.15) is 0 Å². The van der Waals surface area contributed by atoms with Gasteiger partial charge in [-0.3, -0.25) is 4.79 Å². The fourth-order valence-electron chi connectivity index (χ4n) is 1.33. The monoisotopic (exact) mass is 268 g/mol. The van der Waals surface area contributed by atoms with Crippen LogP contribution in [0.5, 0.6) is 0 Å². The third kappa shape index (κ3) is 5.67. The minimum absolute atomic E-state index is 0.0359. The van der Waals surface area contributed by atoms with Crippen molar-refractivity contribution in [2.75, 3.05) is 0 Å². The molecule has 0 aromatic rings. The van der Waals surface area contributed by atoms with Crippen LogP contribution in [0.1, 0.15) is 20.3 Å². The Hall–Kier alpha value is -2.37. The molecule has 0 saturated heterocycles. The van der Waals surface area contributed by atoms with E-state index in [1.165, 1.54) is 31.2 Å². The summed E-state index contributed by atoms with van der Waals surface area (Å²) in [5.41, 5.74) is -0.949. The summed E-state index contributed by atoms with van der Waals surface area (Å²) < 4.78 is 0. The average molecular weight is 268 g/mol. The molecule has 0 fully saturated rings. The van der Waals surface area contributed by atoms with Gasteiger partial charge < -0.3 is 15.3 Å². The maximum atomic E-state index is 10.8. The Kier molecular flexibility index (Phi) is 6.26. The van der Waals surface area contributed by atoms with Gasteiger partial charge in [0.2, 0.25) is 0 Å². The smallest absolute Gasteiger partial charge is 0.331 e. The van der Waals surface area contributed by atoms with Gasteiger partial charge in [-0.15, -0.1) is 0 Å². The number of rotatable bonds is 3. The van der Waals surface area contributed by atoms with E-state index in [0.717, 1.165) is 6.08 Å². The lowest BCUT2D eigenvalue weighted by Gasteiger charge is -2.23. The highest BCUT2D eigenvalue weighted by Crippen LogP contribution is 2.31. The van der Waals surface area contributed by atoms with Gasteiger partial charge in [0, 0.05) is 11.6 Å². The third-order valence-corrected chi connectivity index (χ3v) is 2.39. The molecule has 1 unspecified atom stereocenters. The Bertz CT molecular complexity index is 458. The third-order valence-electron chi connectivity index (χ3n) is 2.39. The molecule has 0 aliphatic heterocycles. The fourth-order valence-corrected chi connectivity index (χ4v) is 1.33. The van der Waals surface area contributed by atoms with Crippen LogP contribution in [0, 0.1) is 5.41 Å². The first-order chi connectivity index (χ1) is 8.73. The van der Waals surface area contributed by atoms with Crippen LogP contribution in [0.3, 0.4) is 0 Å². The zero-order valence-electron chi connectivity index (χ0n) is 10.7. The second-order valence-electron chi connectivity index (χ2n) is 4.09. The predicted molar refractivity (Wildman–Crippen MR) is 67.7 cm³/mol. The van der Waals surface area contributed by atoms with Gasteiger partial charge in [-0.05, 0) is 20.3 Å². The standard InChI is InChI=1S/C9H10O4.C4H6O2/c1-9(8(12)13)4-2-3-6(5-9)7(10)11;1-2-3-4(5)6/h2-4H,5H2,1H3,(H,10,11)(H,12,13);2-3H,1H3,(H,5,6). The molecule has 0 radical (unpaired) electrons. The molecule has 3 N–H and O–H groups in total. The molecule has 0 heterocycles. The van der Waals surface area contributed by atoms with Crippen LogP contribution >= 0.6 is 0 Å². The molecule has 0 aromatic heterocycles. The molecule has 6 nitrogen and oxygen atoms in total. The molecule has 6 heteroatoms. The van der Waals surface area contributed by atoms with E-state index in [0.29, 0.717) is 0 Å². The van der Waals surface area contributed by atoms with Crippen molar-refractivity contribution in [2.24, 2.45) is 5.41 Å². The highest BCUT2D eigenvalue weighted by atomic mass is 16.4. The molecule has 1 atom stereocenters. The van der Waals surface area contributed by atoms with Gasteiger partial charge in [0.15, 0.2) is 0 Å². The quantitative estimate of drug-likeness (QED) is 0.671. The number of carbonyl (C=O) groups is 3. The minimum Gasteiger partial charge on any atom is -0.481 e. The number of allylic oxidation sites excluding steroid dienone is 3. The van der Waals surface area contributed by atoms with Crippen molar-refractivity contribution in [3.63, 3.8) is 0 Å². The van der Waals surface area contributed by atoms with Crippen LogP contribution in [0.2, 0.25) is 0 Å². The highest BCUT2D eigenvalue weighted by molar-refractivity contribution is 5.90. The van der Waals surface area contributed by atoms with Crippen LogP contribution in [-0.2, 0) is 14.4 Å². The first kappa shape index (κ1) is 16.6. The lowest BCUT2D eigenvalue weighted by molar-refractivity contribution is -0.145. The van der Waals surface area contributed by atoms with Crippen LogP contribution < -0.4 is 0 Å². The summed E-state index contributed by atoms with van der Waals surface area (Å²) in [6.45, 7) is 3.16. The maximum absolute atomic E-state index is 10.8. The molecule has 0 bridgehead atoms. The average Bonchev–Trinajstić information content (AvgIpc) is 2.29. The normalized spacial score (nSPS) is 21.3. The molecule has 0 aromatic carbocycles. The summed E-state index contributed by atoms with van der Waals surface area (Å²) in [5.74, 6) is -2.95. The second-order valence-corrected chi connectivity index (χ2v) is 4.09. The van der Waals surface area contributed by atoms with Crippen molar-refractivity contribution < 1.29 is 29.7 Å². The minimum atomic E-state index is -1.08. The number of aliphatic carboxylic acids is 3. The first-order valence-corrected chi connectivity index (χ1v) is 5.43. The molecule has 1 rings (SSSR count). The second kappa shape index (κ2) is 7.15. The van der Waals surface area contributed by atoms with E-state index >= 15 is 0 Å². The summed E-state index contributed by atoms with van der Waals surface area (Å²) >= 11 is 0. The predicted octanol–water partition coefficient (Wildman–Crippen LogP) is 1.70. The van der Waals surface area contributed by atoms with Crippen molar-refractivity contribution in [3.05, 3.63) is 36.0 Å². The van der Waals surface area contributed by atoms with Crippen LogP contribution in [0.4, 0.5) is 0 Å². The number of hydrogen-bond donors (Lipinski definition) is 3. The Labute approximate surface area is 110 Å². The molecule has 0 spiro atoms. The molecule has 1 aliphatic rings. The lowest BCUT2D eigenvalue weighted by atomic mass is 9.80. The zero-order valence-corrected chi connectivity index (χ0v) is 10.7. The maximum Gasteiger partial charge on any atom is 0.331 e. The van der Waals surface area contributed by atoms with E-state index in [4.69, 9.17) is 15.3 Å². The van der Waals surface area contributed by atoms with E-state index < -0.39 is 23.3 Å². The molecular formula is C13H16O6. The summed E-state index contributed by atoms with van der Waals surface area (Å²) in [5, 5.41) is 25.3. The largest absolute Gasteiger partial charge is 0.481 e. The highest BCUT2D eigenvalue weighted by Gasteiger charge is 2.34. The Morgan fingerprint density at radius 3 is 2.16 bits per heavy atom. The molecule has 19 heavy (non-hydrogen) atoms. The van der Waals surface area contributed by atoms with E-state index in [2.05, 4.69) is 0 Å². The van der Waals surface area contributed by atoms with Crippen LogP contribution in [0.25, 0.3) is 0 Å². The topological polar surface area (TPSA) is 112 Å². The fraction of sp³-hybridized carbons (Fsp3) is 0.308. The van der Waals surface area contributed by atoms with Crippen molar-refractivity contribution in [2.45, 2.75) is 20.3 Å². The Balaban J connectivity index is 0.000000459. The van der Waals surface area contributed by atoms with Crippen LogP contribution in [-0.4, -0.2) is 33.2 Å². The van der Waals surface area contributed by atoms with Gasteiger partial charge in [0.1, 0.15) is 0 Å². The van der Waals surface area contributed by atoms with Crippen molar-refractivity contribution in [3.8, 4) is 0 Å². The van der Waals surface area contributed by atoms with Gasteiger partial charge in [0.25, 0.3) is 0 Å². The van der Waals surface area contributed by atoms with Gasteiger partial charge in [-0.25, -0.2) is 9.59 Å². The van der Waals surface area contributed by atoms with Crippen molar-refractivity contribution in [1.29, 1.82) is 0 Å². The van der Waals surface area contributed by atoms with E-state index in [9.17, 15) is 14.4 Å². The van der Waals surface area contributed by atoms with Crippen molar-refractivity contribution in [1.82, 2.24) is 0 Å². The number of carboxylic acids is 3. The zero-order chi connectivity index (χ0) is 15.1. The number of carboxylic acid groups (broad SMARTS) is 3. The molecule has 104 valence electrons. The van der Waals surface area contributed by atoms with E-state index in [1.807, 2.05) is 0 Å². The van der Waals surface area contributed by atoms with Gasteiger partial charge in [0.05, 0.1) is 5.41 Å².